The van der Waals surface area contributed by atoms with Crippen molar-refractivity contribution in [3.8, 4) is 5.75 Å². The number of phenolic OH excluding ortho intramolecular Hbond substituents is 1. The van der Waals surface area contributed by atoms with Gasteiger partial charge in [0.15, 0.2) is 0 Å². The van der Waals surface area contributed by atoms with E-state index in [1.807, 2.05) is 13.8 Å². The molecule has 0 amide bonds. The fourth-order valence-electron chi connectivity index (χ4n) is 2.67. The van der Waals surface area contributed by atoms with Gasteiger partial charge in [-0.3, -0.25) is 0 Å². The normalized spacial score (nSPS) is 10.7. The van der Waals surface area contributed by atoms with Gasteiger partial charge < -0.3 is 10.0 Å². The SMILES string of the molecule is Cc1cc(C)cc(N(C)Cc2cc(C)c(O)c(C)c2)c1. The molecule has 0 saturated heterocycles. The van der Waals surface area contributed by atoms with Crippen LogP contribution in [0, 0.1) is 27.7 Å². The van der Waals surface area contributed by atoms with Crippen LogP contribution < -0.4 is 4.90 Å². The lowest BCUT2D eigenvalue weighted by molar-refractivity contribution is 0.466. The third kappa shape index (κ3) is 3.13. The number of aryl methyl sites for hydroxylation is 4. The molecule has 0 aliphatic rings. The highest BCUT2D eigenvalue weighted by molar-refractivity contribution is 5.51. The highest BCUT2D eigenvalue weighted by Crippen LogP contribution is 2.25. The molecule has 0 spiro atoms. The van der Waals surface area contributed by atoms with E-state index in [0.29, 0.717) is 5.75 Å². The Morgan fingerprint density at radius 2 is 1.35 bits per heavy atom. The summed E-state index contributed by atoms with van der Waals surface area (Å²) in [6.45, 7) is 8.98. The molecule has 0 aliphatic heterocycles. The highest BCUT2D eigenvalue weighted by atomic mass is 16.3. The molecule has 0 unspecified atom stereocenters. The van der Waals surface area contributed by atoms with Gasteiger partial charge in [-0.25, -0.2) is 0 Å². The van der Waals surface area contributed by atoms with E-state index in [1.165, 1.54) is 22.4 Å². The van der Waals surface area contributed by atoms with Crippen LogP contribution in [0.1, 0.15) is 27.8 Å². The molecule has 0 saturated carbocycles. The molecule has 0 bridgehead atoms. The van der Waals surface area contributed by atoms with Gasteiger partial charge in [0.25, 0.3) is 0 Å². The van der Waals surface area contributed by atoms with Crippen molar-refractivity contribution in [2.75, 3.05) is 11.9 Å². The Hall–Kier alpha value is -1.96. The van der Waals surface area contributed by atoms with Gasteiger partial charge in [-0.2, -0.15) is 0 Å². The van der Waals surface area contributed by atoms with Crippen LogP contribution in [-0.2, 0) is 6.54 Å². The molecule has 0 heterocycles. The van der Waals surface area contributed by atoms with Crippen LogP contribution in [0.3, 0.4) is 0 Å². The first-order chi connectivity index (χ1) is 9.36. The predicted octanol–water partition coefficient (Wildman–Crippen LogP) is 4.26. The van der Waals surface area contributed by atoms with Crippen molar-refractivity contribution in [3.05, 3.63) is 58.1 Å². The van der Waals surface area contributed by atoms with Gasteiger partial charge in [-0.15, -0.1) is 0 Å². The van der Waals surface area contributed by atoms with Crippen LogP contribution in [0.4, 0.5) is 5.69 Å². The summed E-state index contributed by atoms with van der Waals surface area (Å²) >= 11 is 0. The van der Waals surface area contributed by atoms with Gasteiger partial charge in [-0.1, -0.05) is 18.2 Å². The molecular formula is C18H23NO. The minimum atomic E-state index is 0.405. The second-order valence-corrected chi connectivity index (χ2v) is 5.78. The third-order valence-corrected chi connectivity index (χ3v) is 3.62. The molecule has 0 atom stereocenters. The number of aromatic hydroxyl groups is 1. The molecule has 2 nitrogen and oxygen atoms in total. The Kier molecular flexibility index (Phi) is 4.03. The average molecular weight is 269 g/mol. The van der Waals surface area contributed by atoms with Crippen molar-refractivity contribution in [2.45, 2.75) is 34.2 Å². The number of hydrogen-bond donors (Lipinski definition) is 1. The number of phenols is 1. The first-order valence-electron chi connectivity index (χ1n) is 6.95. The molecule has 2 aromatic rings. The summed E-state index contributed by atoms with van der Waals surface area (Å²) in [7, 11) is 2.10. The maximum absolute atomic E-state index is 9.84. The maximum Gasteiger partial charge on any atom is 0.121 e. The zero-order valence-electron chi connectivity index (χ0n) is 13.0. The minimum Gasteiger partial charge on any atom is -0.507 e. The lowest BCUT2D eigenvalue weighted by atomic mass is 10.0. The van der Waals surface area contributed by atoms with Crippen molar-refractivity contribution < 1.29 is 5.11 Å². The second kappa shape index (κ2) is 5.58. The Morgan fingerprint density at radius 3 is 1.85 bits per heavy atom. The maximum atomic E-state index is 9.84. The third-order valence-electron chi connectivity index (χ3n) is 3.62. The van der Waals surface area contributed by atoms with Crippen LogP contribution in [0.15, 0.2) is 30.3 Å². The topological polar surface area (TPSA) is 23.5 Å². The predicted molar refractivity (Wildman–Crippen MR) is 85.6 cm³/mol. The standard InChI is InChI=1S/C18H23NO/c1-12-6-13(2)8-17(7-12)19(5)11-16-9-14(3)18(20)15(4)10-16/h6-10,20H,11H2,1-5H3. The molecule has 0 fully saturated rings. The van der Waals surface area contributed by atoms with Crippen LogP contribution in [0.5, 0.6) is 5.75 Å². The molecule has 2 heteroatoms. The van der Waals surface area contributed by atoms with E-state index < -0.39 is 0 Å². The summed E-state index contributed by atoms with van der Waals surface area (Å²) in [5, 5.41) is 9.84. The van der Waals surface area contributed by atoms with Gasteiger partial charge in [-0.05, 0) is 67.6 Å². The number of hydrogen-bond acceptors (Lipinski definition) is 2. The van der Waals surface area contributed by atoms with E-state index >= 15 is 0 Å². The number of anilines is 1. The first-order valence-corrected chi connectivity index (χ1v) is 6.95. The van der Waals surface area contributed by atoms with Gasteiger partial charge in [0.1, 0.15) is 5.75 Å². The number of rotatable bonds is 3. The largest absolute Gasteiger partial charge is 0.507 e. The zero-order valence-corrected chi connectivity index (χ0v) is 13.0. The van der Waals surface area contributed by atoms with Crippen molar-refractivity contribution >= 4 is 5.69 Å². The molecular weight excluding hydrogens is 246 g/mol. The molecule has 2 rings (SSSR count). The number of nitrogens with zero attached hydrogens (tertiary/aromatic N) is 1. The monoisotopic (exact) mass is 269 g/mol. The van der Waals surface area contributed by atoms with Gasteiger partial charge in [0, 0.05) is 19.3 Å². The van der Waals surface area contributed by atoms with E-state index in [1.54, 1.807) is 0 Å². The fourth-order valence-corrected chi connectivity index (χ4v) is 2.67. The van der Waals surface area contributed by atoms with Crippen molar-refractivity contribution in [2.24, 2.45) is 0 Å². The fraction of sp³-hybridized carbons (Fsp3) is 0.333. The molecule has 0 aliphatic carbocycles. The number of benzene rings is 2. The summed E-state index contributed by atoms with van der Waals surface area (Å²) in [5.41, 5.74) is 6.89. The molecule has 2 aromatic carbocycles. The first kappa shape index (κ1) is 14.4. The van der Waals surface area contributed by atoms with E-state index in [9.17, 15) is 5.11 Å². The lowest BCUT2D eigenvalue weighted by Crippen LogP contribution is -2.16. The van der Waals surface area contributed by atoms with Gasteiger partial charge >= 0.3 is 0 Å². The Balaban J connectivity index is 2.25. The van der Waals surface area contributed by atoms with Crippen molar-refractivity contribution in [1.29, 1.82) is 0 Å². The van der Waals surface area contributed by atoms with Crippen LogP contribution in [0.25, 0.3) is 0 Å². The zero-order chi connectivity index (χ0) is 14.9. The molecule has 0 radical (unpaired) electrons. The highest BCUT2D eigenvalue weighted by Gasteiger charge is 2.07. The van der Waals surface area contributed by atoms with Crippen LogP contribution in [-0.4, -0.2) is 12.2 Å². The minimum absolute atomic E-state index is 0.405. The van der Waals surface area contributed by atoms with E-state index in [-0.39, 0.29) is 0 Å². The molecule has 1 N–H and O–H groups in total. The Bertz CT molecular complexity index is 588. The van der Waals surface area contributed by atoms with E-state index in [0.717, 1.165) is 17.7 Å². The molecule has 0 aromatic heterocycles. The average Bonchev–Trinajstić information content (AvgIpc) is 2.34. The van der Waals surface area contributed by atoms with Crippen LogP contribution in [0.2, 0.25) is 0 Å². The summed E-state index contributed by atoms with van der Waals surface area (Å²) in [4.78, 5) is 2.24. The summed E-state index contributed by atoms with van der Waals surface area (Å²) in [6.07, 6.45) is 0. The summed E-state index contributed by atoms with van der Waals surface area (Å²) < 4.78 is 0. The smallest absolute Gasteiger partial charge is 0.121 e. The lowest BCUT2D eigenvalue weighted by Gasteiger charge is -2.21. The summed E-state index contributed by atoms with van der Waals surface area (Å²) in [6, 6.07) is 10.7. The second-order valence-electron chi connectivity index (χ2n) is 5.78. The van der Waals surface area contributed by atoms with E-state index in [2.05, 4.69) is 56.1 Å². The Morgan fingerprint density at radius 1 is 0.850 bits per heavy atom. The van der Waals surface area contributed by atoms with Crippen LogP contribution >= 0.6 is 0 Å². The van der Waals surface area contributed by atoms with Crippen molar-refractivity contribution in [1.82, 2.24) is 0 Å². The molecule has 20 heavy (non-hydrogen) atoms. The van der Waals surface area contributed by atoms with E-state index in [4.69, 9.17) is 0 Å². The Labute approximate surface area is 121 Å². The quantitative estimate of drug-likeness (QED) is 0.899. The summed E-state index contributed by atoms with van der Waals surface area (Å²) in [5.74, 6) is 0.405. The van der Waals surface area contributed by atoms with Gasteiger partial charge in [0.05, 0.1) is 0 Å². The van der Waals surface area contributed by atoms with Gasteiger partial charge in [0.2, 0.25) is 0 Å². The molecule has 106 valence electrons. The van der Waals surface area contributed by atoms with Crippen molar-refractivity contribution in [3.63, 3.8) is 0 Å².